The first-order chi connectivity index (χ1) is 11.5. The van der Waals surface area contributed by atoms with Crippen molar-refractivity contribution in [3.8, 4) is 0 Å². The van der Waals surface area contributed by atoms with Crippen LogP contribution in [0, 0.1) is 13.8 Å². The first-order valence-electron chi connectivity index (χ1n) is 7.96. The molecule has 0 fully saturated rings. The predicted molar refractivity (Wildman–Crippen MR) is 97.4 cm³/mol. The van der Waals surface area contributed by atoms with E-state index in [4.69, 9.17) is 11.6 Å². The molecule has 1 amide bonds. The fourth-order valence-corrected chi connectivity index (χ4v) is 2.77. The second kappa shape index (κ2) is 7.05. The zero-order valence-electron chi connectivity index (χ0n) is 13.8. The Bertz CT molecular complexity index is 868. The van der Waals surface area contributed by atoms with Gasteiger partial charge >= 0.3 is 0 Å². The Hall–Kier alpha value is -2.33. The third-order valence-electron chi connectivity index (χ3n) is 4.20. The van der Waals surface area contributed by atoms with Gasteiger partial charge in [0.25, 0.3) is 0 Å². The molecule has 0 radical (unpaired) electrons. The third kappa shape index (κ3) is 3.77. The van der Waals surface area contributed by atoms with Crippen LogP contribution in [-0.4, -0.2) is 22.0 Å². The Morgan fingerprint density at radius 2 is 1.88 bits per heavy atom. The van der Waals surface area contributed by atoms with E-state index in [-0.39, 0.29) is 12.5 Å². The number of fused-ring (bicyclic) bond motifs is 1. The molecular formula is C19H20ClN3O. The molecule has 0 atom stereocenters. The number of halogens is 1. The van der Waals surface area contributed by atoms with Crippen molar-refractivity contribution in [3.05, 3.63) is 64.4 Å². The molecule has 1 N–H and O–H groups in total. The average molecular weight is 342 g/mol. The van der Waals surface area contributed by atoms with Crippen molar-refractivity contribution >= 4 is 28.5 Å². The smallest absolute Gasteiger partial charge is 0.240 e. The van der Waals surface area contributed by atoms with Gasteiger partial charge in [0.05, 0.1) is 17.4 Å². The molecule has 0 unspecified atom stereocenters. The molecule has 1 heterocycles. The molecule has 3 rings (SSSR count). The summed E-state index contributed by atoms with van der Waals surface area (Å²) in [5, 5.41) is 3.68. The number of imidazole rings is 1. The third-order valence-corrected chi connectivity index (χ3v) is 4.45. The monoisotopic (exact) mass is 341 g/mol. The molecule has 1 aromatic heterocycles. The molecule has 0 saturated heterocycles. The number of hydrogen-bond donors (Lipinski definition) is 1. The van der Waals surface area contributed by atoms with Crippen LogP contribution in [0.4, 0.5) is 0 Å². The van der Waals surface area contributed by atoms with Crippen LogP contribution in [0.2, 0.25) is 5.02 Å². The van der Waals surface area contributed by atoms with E-state index in [2.05, 4.69) is 36.3 Å². The highest BCUT2D eigenvalue weighted by Crippen LogP contribution is 2.18. The maximum Gasteiger partial charge on any atom is 0.240 e. The number of aryl methyl sites for hydroxylation is 2. The van der Waals surface area contributed by atoms with Crippen molar-refractivity contribution in [2.24, 2.45) is 0 Å². The van der Waals surface area contributed by atoms with Gasteiger partial charge in [-0.05, 0) is 61.2 Å². The SMILES string of the molecule is Cc1cc2ncn(CC(=O)NCCc3ccc(Cl)cc3)c2cc1C. The number of rotatable bonds is 5. The lowest BCUT2D eigenvalue weighted by molar-refractivity contribution is -0.121. The van der Waals surface area contributed by atoms with E-state index in [0.29, 0.717) is 6.54 Å². The number of amides is 1. The number of benzene rings is 2. The van der Waals surface area contributed by atoms with E-state index in [0.717, 1.165) is 28.0 Å². The van der Waals surface area contributed by atoms with Gasteiger partial charge < -0.3 is 9.88 Å². The number of hydrogen-bond acceptors (Lipinski definition) is 2. The van der Waals surface area contributed by atoms with Crippen LogP contribution in [0.25, 0.3) is 11.0 Å². The number of carbonyl (C=O) groups excluding carboxylic acids is 1. The molecule has 124 valence electrons. The highest BCUT2D eigenvalue weighted by molar-refractivity contribution is 6.30. The van der Waals surface area contributed by atoms with E-state index in [1.54, 1.807) is 6.33 Å². The molecule has 0 saturated carbocycles. The van der Waals surface area contributed by atoms with E-state index < -0.39 is 0 Å². The quantitative estimate of drug-likeness (QED) is 0.769. The summed E-state index contributed by atoms with van der Waals surface area (Å²) in [4.78, 5) is 16.5. The van der Waals surface area contributed by atoms with Gasteiger partial charge in [-0.2, -0.15) is 0 Å². The van der Waals surface area contributed by atoms with Gasteiger partial charge in [-0.3, -0.25) is 4.79 Å². The highest BCUT2D eigenvalue weighted by Gasteiger charge is 2.08. The Morgan fingerprint density at radius 1 is 1.17 bits per heavy atom. The zero-order chi connectivity index (χ0) is 17.1. The second-order valence-corrected chi connectivity index (χ2v) is 6.46. The van der Waals surface area contributed by atoms with Crippen LogP contribution >= 0.6 is 11.6 Å². The van der Waals surface area contributed by atoms with Gasteiger partial charge in [-0.1, -0.05) is 23.7 Å². The minimum Gasteiger partial charge on any atom is -0.354 e. The van der Waals surface area contributed by atoms with Crippen molar-refractivity contribution in [2.45, 2.75) is 26.8 Å². The summed E-state index contributed by atoms with van der Waals surface area (Å²) in [6, 6.07) is 11.8. The largest absolute Gasteiger partial charge is 0.354 e. The molecule has 5 heteroatoms. The first-order valence-corrected chi connectivity index (χ1v) is 8.34. The van der Waals surface area contributed by atoms with Gasteiger partial charge in [0.1, 0.15) is 6.54 Å². The van der Waals surface area contributed by atoms with Crippen molar-refractivity contribution < 1.29 is 4.79 Å². The van der Waals surface area contributed by atoms with Gasteiger partial charge in [0.15, 0.2) is 0 Å². The van der Waals surface area contributed by atoms with Crippen molar-refractivity contribution in [1.82, 2.24) is 14.9 Å². The maximum absolute atomic E-state index is 12.2. The molecule has 0 bridgehead atoms. The molecule has 2 aromatic carbocycles. The predicted octanol–water partition coefficient (Wildman–Crippen LogP) is 3.67. The van der Waals surface area contributed by atoms with Crippen molar-refractivity contribution in [3.63, 3.8) is 0 Å². The lowest BCUT2D eigenvalue weighted by Gasteiger charge is -2.08. The number of nitrogens with one attached hydrogen (secondary N) is 1. The minimum atomic E-state index is -0.0125. The fourth-order valence-electron chi connectivity index (χ4n) is 2.65. The van der Waals surface area contributed by atoms with Gasteiger partial charge in [0, 0.05) is 11.6 Å². The first kappa shape index (κ1) is 16.5. The van der Waals surface area contributed by atoms with Crippen LogP contribution in [0.15, 0.2) is 42.7 Å². The minimum absolute atomic E-state index is 0.0125. The van der Waals surface area contributed by atoms with Crippen molar-refractivity contribution in [1.29, 1.82) is 0 Å². The summed E-state index contributed by atoms with van der Waals surface area (Å²) in [6.07, 6.45) is 2.51. The topological polar surface area (TPSA) is 46.9 Å². The molecule has 0 spiro atoms. The lowest BCUT2D eigenvalue weighted by atomic mass is 10.1. The van der Waals surface area contributed by atoms with Crippen LogP contribution in [0.5, 0.6) is 0 Å². The normalized spacial score (nSPS) is 11.0. The molecule has 0 aliphatic rings. The molecule has 4 nitrogen and oxygen atoms in total. The number of carbonyl (C=O) groups is 1. The highest BCUT2D eigenvalue weighted by atomic mass is 35.5. The van der Waals surface area contributed by atoms with Crippen LogP contribution in [0.1, 0.15) is 16.7 Å². The maximum atomic E-state index is 12.2. The van der Waals surface area contributed by atoms with E-state index in [9.17, 15) is 4.79 Å². The standard InChI is InChI=1S/C19H20ClN3O/c1-13-9-17-18(10-14(13)2)23(12-22-17)11-19(24)21-8-7-15-3-5-16(20)6-4-15/h3-6,9-10,12H,7-8,11H2,1-2H3,(H,21,24). The van der Waals surface area contributed by atoms with Gasteiger partial charge in [-0.25, -0.2) is 4.98 Å². The second-order valence-electron chi connectivity index (χ2n) is 6.02. The summed E-state index contributed by atoms with van der Waals surface area (Å²) in [5.74, 6) is -0.0125. The Labute approximate surface area is 146 Å². The fraction of sp³-hybridized carbons (Fsp3) is 0.263. The molecular weight excluding hydrogens is 322 g/mol. The van der Waals surface area contributed by atoms with Crippen LogP contribution in [-0.2, 0) is 17.8 Å². The van der Waals surface area contributed by atoms with Gasteiger partial charge in [-0.15, -0.1) is 0 Å². The Kier molecular flexibility index (Phi) is 4.86. The number of aromatic nitrogens is 2. The molecule has 3 aromatic rings. The van der Waals surface area contributed by atoms with E-state index in [1.165, 1.54) is 11.1 Å². The molecule has 24 heavy (non-hydrogen) atoms. The molecule has 0 aliphatic carbocycles. The Balaban J connectivity index is 1.59. The zero-order valence-corrected chi connectivity index (χ0v) is 14.6. The average Bonchev–Trinajstić information content (AvgIpc) is 2.92. The van der Waals surface area contributed by atoms with Crippen molar-refractivity contribution in [2.75, 3.05) is 6.54 Å². The van der Waals surface area contributed by atoms with Crippen LogP contribution < -0.4 is 5.32 Å². The summed E-state index contributed by atoms with van der Waals surface area (Å²) in [7, 11) is 0. The summed E-state index contributed by atoms with van der Waals surface area (Å²) in [6.45, 7) is 5.01. The summed E-state index contributed by atoms with van der Waals surface area (Å²) >= 11 is 5.87. The Morgan fingerprint density at radius 3 is 2.62 bits per heavy atom. The number of nitrogens with zero attached hydrogens (tertiary/aromatic N) is 2. The summed E-state index contributed by atoms with van der Waals surface area (Å²) < 4.78 is 1.89. The van der Waals surface area contributed by atoms with Crippen LogP contribution in [0.3, 0.4) is 0 Å². The van der Waals surface area contributed by atoms with E-state index >= 15 is 0 Å². The lowest BCUT2D eigenvalue weighted by Crippen LogP contribution is -2.29. The summed E-state index contributed by atoms with van der Waals surface area (Å²) in [5.41, 5.74) is 5.48. The van der Waals surface area contributed by atoms with Gasteiger partial charge in [0.2, 0.25) is 5.91 Å². The molecule has 0 aliphatic heterocycles. The van der Waals surface area contributed by atoms with E-state index in [1.807, 2.05) is 28.8 Å².